The third-order valence-corrected chi connectivity index (χ3v) is 10.6. The molecule has 10 unspecified atom stereocenters. The van der Waals surface area contributed by atoms with Gasteiger partial charge < -0.3 is 37.9 Å². The molecule has 52 heavy (non-hydrogen) atoms. The van der Waals surface area contributed by atoms with Crippen LogP contribution in [0.2, 0.25) is 0 Å². The number of carbonyl (C=O) groups excluding carboxylic acids is 4. The normalized spacial score (nSPS) is 30.9. The minimum atomic E-state index is -0.550. The number of epoxide rings is 4. The Morgan fingerprint density at radius 2 is 1.02 bits per heavy atom. The molecule has 0 amide bonds. The Morgan fingerprint density at radius 1 is 0.596 bits per heavy atom. The van der Waals surface area contributed by atoms with Crippen molar-refractivity contribution in [3.05, 3.63) is 35.4 Å². The number of ether oxygens (including phenoxy) is 8. The fourth-order valence-electron chi connectivity index (χ4n) is 6.80. The number of hydrogen-bond acceptors (Lipinski definition) is 12. The second-order valence-electron chi connectivity index (χ2n) is 14.6. The van der Waals surface area contributed by atoms with Crippen LogP contribution >= 0.6 is 0 Å². The topological polar surface area (TPSA) is 155 Å². The predicted octanol–water partition coefficient (Wildman–Crippen LogP) is 6.15. The lowest BCUT2D eigenvalue weighted by Gasteiger charge is -2.26. The number of hydrogen-bond donors (Lipinski definition) is 0. The molecule has 0 radical (unpaired) electrons. The van der Waals surface area contributed by atoms with Crippen molar-refractivity contribution in [2.24, 2.45) is 11.8 Å². The summed E-state index contributed by atoms with van der Waals surface area (Å²) >= 11 is 0. The van der Waals surface area contributed by atoms with E-state index in [1.807, 2.05) is 13.8 Å². The molecule has 5 fully saturated rings. The van der Waals surface area contributed by atoms with Crippen molar-refractivity contribution in [3.63, 3.8) is 0 Å². The Balaban J connectivity index is 0.000000210. The van der Waals surface area contributed by atoms with Crippen molar-refractivity contribution in [1.82, 2.24) is 0 Å². The number of esters is 4. The van der Waals surface area contributed by atoms with E-state index >= 15 is 0 Å². The molecule has 0 bridgehead atoms. The van der Waals surface area contributed by atoms with Gasteiger partial charge in [-0.05, 0) is 96.6 Å². The van der Waals surface area contributed by atoms with E-state index < -0.39 is 11.9 Å². The van der Waals surface area contributed by atoms with Gasteiger partial charge in [-0.3, -0.25) is 9.59 Å². The van der Waals surface area contributed by atoms with Crippen LogP contribution < -0.4 is 0 Å². The monoisotopic (exact) mass is 730 g/mol. The Morgan fingerprint density at radius 3 is 1.38 bits per heavy atom. The first-order chi connectivity index (χ1) is 25.2. The first-order valence-corrected chi connectivity index (χ1v) is 19.6. The average Bonchev–Trinajstić information content (AvgIpc) is 3.99. The van der Waals surface area contributed by atoms with E-state index in [2.05, 4.69) is 13.8 Å². The number of benzene rings is 1. The van der Waals surface area contributed by atoms with Crippen LogP contribution in [0.15, 0.2) is 24.3 Å². The summed E-state index contributed by atoms with van der Waals surface area (Å²) in [5.41, 5.74) is 0.399. The summed E-state index contributed by atoms with van der Waals surface area (Å²) in [4.78, 5) is 49.0. The van der Waals surface area contributed by atoms with Gasteiger partial charge in [-0.25, -0.2) is 9.59 Å². The summed E-state index contributed by atoms with van der Waals surface area (Å²) in [5.74, 6) is -1.71. The number of rotatable bonds is 20. The Kier molecular flexibility index (Phi) is 15.3. The van der Waals surface area contributed by atoms with Crippen LogP contribution in [0.25, 0.3) is 0 Å². The molecule has 1 saturated carbocycles. The second kappa shape index (κ2) is 19.9. The fourth-order valence-corrected chi connectivity index (χ4v) is 6.80. The molecule has 1 aromatic rings. The fraction of sp³-hybridized carbons (Fsp3) is 0.750. The summed E-state index contributed by atoms with van der Waals surface area (Å²) < 4.78 is 42.7. The van der Waals surface area contributed by atoms with Gasteiger partial charge in [0.2, 0.25) is 0 Å². The molecule has 5 aliphatic rings. The molecule has 12 heteroatoms. The minimum Gasteiger partial charge on any atom is -0.465 e. The van der Waals surface area contributed by atoms with Crippen molar-refractivity contribution in [1.29, 1.82) is 0 Å². The smallest absolute Gasteiger partial charge is 0.339 e. The summed E-state index contributed by atoms with van der Waals surface area (Å²) in [6, 6.07) is 6.45. The van der Waals surface area contributed by atoms with Gasteiger partial charge in [0.25, 0.3) is 0 Å². The molecular weight excluding hydrogens is 672 g/mol. The van der Waals surface area contributed by atoms with Gasteiger partial charge in [-0.2, -0.15) is 0 Å². The van der Waals surface area contributed by atoms with E-state index in [-0.39, 0.29) is 72.5 Å². The zero-order valence-electron chi connectivity index (χ0n) is 31.3. The molecule has 0 N–H and O–H groups in total. The van der Waals surface area contributed by atoms with E-state index in [4.69, 9.17) is 37.9 Å². The molecule has 1 aromatic carbocycles. The largest absolute Gasteiger partial charge is 0.465 e. The lowest BCUT2D eigenvalue weighted by molar-refractivity contribution is -0.155. The Hall–Kier alpha value is -3.06. The van der Waals surface area contributed by atoms with Crippen LogP contribution in [0.1, 0.15) is 125 Å². The van der Waals surface area contributed by atoms with Gasteiger partial charge in [0.1, 0.15) is 25.4 Å². The SMILES string of the molecule is CC1OC1COC(=O)c1ccccc1C(=O)OCC1OC1C.CCC1OC1CCCCOC(=O)C1CCCC(C(=O)OCCCCC2OC2CC)C1. The standard InChI is InChI=1S/C24H40O6.C16H18O6/c1-3-19-21(29-19)12-5-7-14-27-23(25)17-10-9-11-18(16-17)24(26)28-15-8-6-13-22-20(4-2)30-22;1-9-13(21-9)7-19-15(17)11-5-3-4-6-12(11)16(18)20-8-14-10(2)22-14/h17-22H,3-16H2,1-2H3;3-6,9-10,13-14H,7-8H2,1-2H3. The summed E-state index contributed by atoms with van der Waals surface area (Å²) in [6.07, 6.45) is 13.1. The minimum absolute atomic E-state index is 0.0448. The zero-order chi connectivity index (χ0) is 37.0. The average molecular weight is 731 g/mol. The lowest BCUT2D eigenvalue weighted by Crippen LogP contribution is -2.30. The van der Waals surface area contributed by atoms with Crippen LogP contribution in [0.4, 0.5) is 0 Å². The number of unbranched alkanes of at least 4 members (excludes halogenated alkanes) is 2. The zero-order valence-corrected chi connectivity index (χ0v) is 31.3. The molecule has 4 aliphatic heterocycles. The first-order valence-electron chi connectivity index (χ1n) is 19.6. The van der Waals surface area contributed by atoms with Gasteiger partial charge in [0, 0.05) is 0 Å². The molecule has 4 saturated heterocycles. The highest BCUT2D eigenvalue weighted by Gasteiger charge is 2.38. The van der Waals surface area contributed by atoms with Gasteiger partial charge >= 0.3 is 23.9 Å². The van der Waals surface area contributed by atoms with E-state index in [1.165, 1.54) is 0 Å². The van der Waals surface area contributed by atoms with Crippen LogP contribution in [0, 0.1) is 11.8 Å². The van der Waals surface area contributed by atoms with E-state index in [0.29, 0.717) is 44.1 Å². The predicted molar refractivity (Wildman–Crippen MR) is 189 cm³/mol. The van der Waals surface area contributed by atoms with Crippen LogP contribution in [0.5, 0.6) is 0 Å². The van der Waals surface area contributed by atoms with Gasteiger partial charge in [-0.15, -0.1) is 0 Å². The summed E-state index contributed by atoms with van der Waals surface area (Å²) in [5, 5.41) is 0. The quantitative estimate of drug-likeness (QED) is 0.0654. The van der Waals surface area contributed by atoms with E-state index in [9.17, 15) is 19.2 Å². The molecule has 1 aliphatic carbocycles. The van der Waals surface area contributed by atoms with Gasteiger partial charge in [0.15, 0.2) is 0 Å². The van der Waals surface area contributed by atoms with Crippen molar-refractivity contribution in [2.45, 2.75) is 154 Å². The molecule has 4 heterocycles. The Labute approximate surface area is 307 Å². The molecule has 0 spiro atoms. The van der Waals surface area contributed by atoms with Crippen molar-refractivity contribution < 1.29 is 57.1 Å². The highest BCUT2D eigenvalue weighted by atomic mass is 16.6. The maximum absolute atomic E-state index is 12.4. The van der Waals surface area contributed by atoms with Crippen molar-refractivity contribution in [3.8, 4) is 0 Å². The molecule has 6 rings (SSSR count). The summed E-state index contributed by atoms with van der Waals surface area (Å²) in [6.45, 7) is 9.43. The molecule has 0 aromatic heterocycles. The van der Waals surface area contributed by atoms with E-state index in [0.717, 1.165) is 70.6 Å². The number of carbonyl (C=O) groups is 4. The van der Waals surface area contributed by atoms with Gasteiger partial charge in [-0.1, -0.05) is 32.4 Å². The third kappa shape index (κ3) is 12.8. The van der Waals surface area contributed by atoms with Crippen molar-refractivity contribution in [2.75, 3.05) is 26.4 Å². The highest BCUT2D eigenvalue weighted by Crippen LogP contribution is 2.33. The molecule has 12 nitrogen and oxygen atoms in total. The van der Waals surface area contributed by atoms with E-state index in [1.54, 1.807) is 24.3 Å². The second-order valence-corrected chi connectivity index (χ2v) is 14.6. The molecular formula is C40H58O12. The maximum atomic E-state index is 12.4. The van der Waals surface area contributed by atoms with Crippen molar-refractivity contribution >= 4 is 23.9 Å². The van der Waals surface area contributed by atoms with Crippen LogP contribution in [0.3, 0.4) is 0 Å². The van der Waals surface area contributed by atoms with Crippen LogP contribution in [-0.2, 0) is 47.5 Å². The molecule has 290 valence electrons. The Bertz CT molecular complexity index is 1240. The lowest BCUT2D eigenvalue weighted by atomic mass is 9.81. The van der Waals surface area contributed by atoms with Gasteiger partial charge in [0.05, 0.1) is 72.8 Å². The third-order valence-electron chi connectivity index (χ3n) is 10.6. The first kappa shape index (κ1) is 40.1. The highest BCUT2D eigenvalue weighted by molar-refractivity contribution is 6.03. The van der Waals surface area contributed by atoms with Crippen LogP contribution in [-0.4, -0.2) is 99.1 Å². The molecule has 10 atom stereocenters. The summed E-state index contributed by atoms with van der Waals surface area (Å²) in [7, 11) is 0. The maximum Gasteiger partial charge on any atom is 0.339 e.